The number of benzene rings is 1. The van der Waals surface area contributed by atoms with Crippen LogP contribution in [0.2, 0.25) is 0 Å². The predicted octanol–water partition coefficient (Wildman–Crippen LogP) is 1.20. The number of aromatic nitrogens is 3. The molecule has 2 heterocycles. The molecular formula is C18H23N5O2. The molecule has 2 aliphatic rings. The van der Waals surface area contributed by atoms with Gasteiger partial charge in [0.2, 0.25) is 5.91 Å². The number of fused-ring (bicyclic) bond motifs is 3. The van der Waals surface area contributed by atoms with Crippen LogP contribution < -0.4 is 10.1 Å². The molecule has 25 heavy (non-hydrogen) atoms. The molecule has 7 heteroatoms. The molecule has 7 nitrogen and oxygen atoms in total. The third-order valence-corrected chi connectivity index (χ3v) is 4.54. The smallest absolute Gasteiger partial charge is 0.241 e. The van der Waals surface area contributed by atoms with Gasteiger partial charge in [0.15, 0.2) is 0 Å². The van der Waals surface area contributed by atoms with Crippen molar-refractivity contribution in [1.82, 2.24) is 25.2 Å². The Kier molecular flexibility index (Phi) is 4.65. The number of para-hydroxylation sites is 1. The van der Waals surface area contributed by atoms with Crippen molar-refractivity contribution in [2.75, 3.05) is 19.7 Å². The quantitative estimate of drug-likeness (QED) is 0.889. The summed E-state index contributed by atoms with van der Waals surface area (Å²) in [6.45, 7) is 3.72. The van der Waals surface area contributed by atoms with Gasteiger partial charge in [-0.25, -0.2) is 4.68 Å². The number of ether oxygens (including phenoxy) is 1. The second-order valence-electron chi connectivity index (χ2n) is 6.83. The van der Waals surface area contributed by atoms with E-state index in [9.17, 15) is 4.79 Å². The van der Waals surface area contributed by atoms with Crippen molar-refractivity contribution in [2.24, 2.45) is 5.92 Å². The van der Waals surface area contributed by atoms with Gasteiger partial charge in [-0.3, -0.25) is 9.69 Å². The number of carbonyl (C=O) groups is 1. The molecule has 0 atom stereocenters. The Balaban J connectivity index is 1.59. The summed E-state index contributed by atoms with van der Waals surface area (Å²) in [5.74, 6) is 1.59. The average Bonchev–Trinajstić information content (AvgIpc) is 3.31. The van der Waals surface area contributed by atoms with Gasteiger partial charge < -0.3 is 10.1 Å². The molecule has 1 aromatic heterocycles. The van der Waals surface area contributed by atoms with Crippen LogP contribution in [0.15, 0.2) is 30.5 Å². The Labute approximate surface area is 147 Å². The first-order valence-electron chi connectivity index (χ1n) is 8.85. The van der Waals surface area contributed by atoms with Gasteiger partial charge in [0.05, 0.1) is 18.4 Å². The van der Waals surface area contributed by atoms with Crippen LogP contribution in [0, 0.1) is 5.92 Å². The first-order valence-corrected chi connectivity index (χ1v) is 8.85. The predicted molar refractivity (Wildman–Crippen MR) is 91.8 cm³/mol. The Morgan fingerprint density at radius 2 is 2.08 bits per heavy atom. The highest BCUT2D eigenvalue weighted by molar-refractivity contribution is 5.75. The molecule has 2 bridgehead atoms. The summed E-state index contributed by atoms with van der Waals surface area (Å²) in [6.07, 6.45) is 4.48. The molecule has 1 aliphatic heterocycles. The molecule has 2 aromatic rings. The maximum absolute atomic E-state index is 12.0. The Morgan fingerprint density at radius 1 is 1.20 bits per heavy atom. The molecule has 0 unspecified atom stereocenters. The van der Waals surface area contributed by atoms with Crippen molar-refractivity contribution in [3.63, 3.8) is 0 Å². The van der Waals surface area contributed by atoms with Crippen molar-refractivity contribution < 1.29 is 9.53 Å². The minimum Gasteiger partial charge on any atom is -0.491 e. The largest absolute Gasteiger partial charge is 0.491 e. The van der Waals surface area contributed by atoms with Crippen molar-refractivity contribution in [1.29, 1.82) is 0 Å². The van der Waals surface area contributed by atoms with E-state index in [1.807, 2.05) is 24.4 Å². The van der Waals surface area contributed by atoms with Gasteiger partial charge in [-0.1, -0.05) is 23.4 Å². The van der Waals surface area contributed by atoms with E-state index in [2.05, 4.69) is 26.6 Å². The molecule has 1 amide bonds. The molecule has 4 rings (SSSR count). The fourth-order valence-corrected chi connectivity index (χ4v) is 3.14. The van der Waals surface area contributed by atoms with Crippen LogP contribution in [0.4, 0.5) is 0 Å². The maximum Gasteiger partial charge on any atom is 0.241 e. The molecule has 0 saturated heterocycles. The Hall–Kier alpha value is -2.41. The lowest BCUT2D eigenvalue weighted by Crippen LogP contribution is -2.31. The highest BCUT2D eigenvalue weighted by Crippen LogP contribution is 2.31. The number of nitrogens with zero attached hydrogens (tertiary/aromatic N) is 4. The number of hydrogen-bond acceptors (Lipinski definition) is 5. The summed E-state index contributed by atoms with van der Waals surface area (Å²) in [4.78, 5) is 14.4. The minimum atomic E-state index is -0.0831. The van der Waals surface area contributed by atoms with Crippen LogP contribution in [-0.4, -0.2) is 45.5 Å². The molecule has 0 radical (unpaired) electrons. The SMILES string of the molecule is O=C1Cn2cc(nn2)CN(CC2CC2)Cc2ccccc2OCCN1. The minimum absolute atomic E-state index is 0.0831. The van der Waals surface area contributed by atoms with Crippen LogP contribution in [0.1, 0.15) is 24.1 Å². The van der Waals surface area contributed by atoms with Gasteiger partial charge in [0.25, 0.3) is 0 Å². The van der Waals surface area contributed by atoms with E-state index in [0.29, 0.717) is 13.2 Å². The lowest BCUT2D eigenvalue weighted by molar-refractivity contribution is -0.121. The summed E-state index contributed by atoms with van der Waals surface area (Å²) < 4.78 is 7.50. The molecule has 1 aliphatic carbocycles. The van der Waals surface area contributed by atoms with Crippen molar-refractivity contribution in [2.45, 2.75) is 32.5 Å². The first-order chi connectivity index (χ1) is 12.3. The van der Waals surface area contributed by atoms with Crippen LogP contribution in [0.5, 0.6) is 5.75 Å². The Bertz CT molecular complexity index is 741. The average molecular weight is 341 g/mol. The lowest BCUT2D eigenvalue weighted by Gasteiger charge is -2.23. The third kappa shape index (κ3) is 4.36. The number of rotatable bonds is 2. The molecule has 1 saturated carbocycles. The van der Waals surface area contributed by atoms with E-state index < -0.39 is 0 Å². The standard InChI is InChI=1S/C18H23N5O2/c24-18-13-23-12-16(20-21-23)11-22(9-14-5-6-14)10-15-3-1-2-4-17(15)25-8-7-19-18/h1-4,12,14H,5-11,13H2,(H,19,24). The lowest BCUT2D eigenvalue weighted by atomic mass is 10.1. The Morgan fingerprint density at radius 3 is 2.96 bits per heavy atom. The number of hydrogen-bond donors (Lipinski definition) is 1. The zero-order chi connectivity index (χ0) is 17.1. The molecule has 0 spiro atoms. The molecular weight excluding hydrogens is 318 g/mol. The number of amides is 1. The number of carbonyl (C=O) groups excluding carboxylic acids is 1. The van der Waals surface area contributed by atoms with Gasteiger partial charge in [0, 0.05) is 25.2 Å². The summed E-state index contributed by atoms with van der Waals surface area (Å²) in [6, 6.07) is 8.13. The van der Waals surface area contributed by atoms with Crippen LogP contribution in [-0.2, 0) is 24.4 Å². The first kappa shape index (κ1) is 16.1. The van der Waals surface area contributed by atoms with Gasteiger partial charge in [-0.2, -0.15) is 0 Å². The zero-order valence-corrected chi connectivity index (χ0v) is 14.2. The van der Waals surface area contributed by atoms with Gasteiger partial charge in [-0.05, 0) is 24.8 Å². The van der Waals surface area contributed by atoms with Crippen molar-refractivity contribution in [3.8, 4) is 5.75 Å². The fourth-order valence-electron chi connectivity index (χ4n) is 3.14. The number of nitrogens with one attached hydrogen (secondary N) is 1. The van der Waals surface area contributed by atoms with Crippen molar-refractivity contribution >= 4 is 5.91 Å². The van der Waals surface area contributed by atoms with E-state index in [0.717, 1.165) is 37.0 Å². The monoisotopic (exact) mass is 341 g/mol. The zero-order valence-electron chi connectivity index (χ0n) is 14.2. The van der Waals surface area contributed by atoms with Crippen LogP contribution in [0.25, 0.3) is 0 Å². The fraction of sp³-hybridized carbons (Fsp3) is 0.500. The van der Waals surface area contributed by atoms with Crippen LogP contribution in [0.3, 0.4) is 0 Å². The maximum atomic E-state index is 12.0. The second-order valence-corrected chi connectivity index (χ2v) is 6.83. The van der Waals surface area contributed by atoms with Crippen molar-refractivity contribution in [3.05, 3.63) is 41.7 Å². The summed E-state index contributed by atoms with van der Waals surface area (Å²) in [5, 5.41) is 11.2. The van der Waals surface area contributed by atoms with E-state index in [-0.39, 0.29) is 12.5 Å². The molecule has 1 fully saturated rings. The van der Waals surface area contributed by atoms with E-state index in [1.165, 1.54) is 18.4 Å². The summed E-state index contributed by atoms with van der Waals surface area (Å²) >= 11 is 0. The van der Waals surface area contributed by atoms with E-state index in [1.54, 1.807) is 4.68 Å². The second kappa shape index (κ2) is 7.23. The van der Waals surface area contributed by atoms with Gasteiger partial charge >= 0.3 is 0 Å². The van der Waals surface area contributed by atoms with Gasteiger partial charge in [-0.15, -0.1) is 5.10 Å². The highest BCUT2D eigenvalue weighted by atomic mass is 16.5. The van der Waals surface area contributed by atoms with Gasteiger partial charge in [0.1, 0.15) is 18.9 Å². The topological polar surface area (TPSA) is 72.3 Å². The molecule has 1 N–H and O–H groups in total. The van der Waals surface area contributed by atoms with E-state index in [4.69, 9.17) is 4.74 Å². The van der Waals surface area contributed by atoms with Crippen LogP contribution >= 0.6 is 0 Å². The van der Waals surface area contributed by atoms with E-state index >= 15 is 0 Å². The summed E-state index contributed by atoms with van der Waals surface area (Å²) in [5.41, 5.74) is 2.06. The summed E-state index contributed by atoms with van der Waals surface area (Å²) in [7, 11) is 0. The molecule has 1 aromatic carbocycles. The highest BCUT2D eigenvalue weighted by Gasteiger charge is 2.25. The normalized spacial score (nSPS) is 19.4. The third-order valence-electron chi connectivity index (χ3n) is 4.54. The molecule has 132 valence electrons.